The van der Waals surface area contributed by atoms with Crippen LogP contribution in [0, 0.1) is 0 Å². The van der Waals surface area contributed by atoms with Crippen molar-refractivity contribution < 1.29 is 80.2 Å². The highest BCUT2D eigenvalue weighted by atomic mass is 31.2. The van der Waals surface area contributed by atoms with Crippen LogP contribution in [0.2, 0.25) is 0 Å². The van der Waals surface area contributed by atoms with Crippen molar-refractivity contribution in [2.75, 3.05) is 39.6 Å². The number of carbonyl (C=O) groups excluding carboxylic acids is 4. The fourth-order valence-corrected chi connectivity index (χ4v) is 12.8. The van der Waals surface area contributed by atoms with Crippen molar-refractivity contribution in [1.82, 2.24) is 0 Å². The average Bonchev–Trinajstić information content (AvgIpc) is 0.999. The standard InChI is InChI=1S/C85H150O17P2/c1-5-9-13-17-21-25-29-33-37-38-39-40-44-46-50-54-58-62-66-70-83(88)96-76-81(102-85(90)72-68-64-60-56-52-48-43-36-32-28-24-20-16-12-8-4)78-100-104(93,94)98-74-79(86)73-97-103(91,92)99-77-80(101-84(89)71-67-63-59-55-51-47-42-35-31-27-23-19-15-11-7-3)75-95-82(87)69-65-61-57-53-49-45-41-34-30-26-22-18-14-10-6-2/h12,16,21-22,24-26,28,33-34,36-37,39-41,43,79-81,86H,5-11,13-15,17-20,23,27,29-32,35,38,42,44-78H2,1-4H3,(H,91,92)(H,93,94)/b16-12-,25-21-,26-22-,28-24-,37-33-,40-39-,41-34-,43-36-. The number of unbranched alkanes of at least 4 members (excludes halogenated alkanes) is 36. The summed E-state index contributed by atoms with van der Waals surface area (Å²) in [5.41, 5.74) is 0. The first kappa shape index (κ1) is 100.0. The Bertz CT molecular complexity index is 2350. The largest absolute Gasteiger partial charge is 0.472 e. The maximum Gasteiger partial charge on any atom is 0.472 e. The molecule has 0 saturated heterocycles. The molecule has 104 heavy (non-hydrogen) atoms. The Labute approximate surface area is 633 Å². The third-order valence-electron chi connectivity index (χ3n) is 17.5. The highest BCUT2D eigenvalue weighted by Crippen LogP contribution is 2.45. The summed E-state index contributed by atoms with van der Waals surface area (Å²) in [6.45, 7) is 4.72. The van der Waals surface area contributed by atoms with E-state index in [4.69, 9.17) is 37.0 Å². The Hall–Kier alpha value is -4.02. The van der Waals surface area contributed by atoms with E-state index < -0.39 is 97.5 Å². The number of rotatable bonds is 78. The zero-order valence-corrected chi connectivity index (χ0v) is 67.7. The van der Waals surface area contributed by atoms with Crippen LogP contribution in [-0.4, -0.2) is 96.7 Å². The van der Waals surface area contributed by atoms with Gasteiger partial charge >= 0.3 is 39.5 Å². The lowest BCUT2D eigenvalue weighted by Crippen LogP contribution is -2.30. The molecule has 0 fully saturated rings. The van der Waals surface area contributed by atoms with Gasteiger partial charge in [0.1, 0.15) is 19.3 Å². The fourth-order valence-electron chi connectivity index (χ4n) is 11.2. The lowest BCUT2D eigenvalue weighted by atomic mass is 10.0. The van der Waals surface area contributed by atoms with Crippen LogP contribution in [0.3, 0.4) is 0 Å². The summed E-state index contributed by atoms with van der Waals surface area (Å²) in [6, 6.07) is 0. The van der Waals surface area contributed by atoms with Gasteiger partial charge in [-0.05, 0) is 128 Å². The summed E-state index contributed by atoms with van der Waals surface area (Å²) < 4.78 is 68.7. The first-order valence-corrected chi connectivity index (χ1v) is 44.5. The number of hydrogen-bond donors (Lipinski definition) is 3. The molecule has 0 rings (SSSR count). The Morgan fingerprint density at radius 2 is 0.500 bits per heavy atom. The van der Waals surface area contributed by atoms with Gasteiger partial charge in [-0.25, -0.2) is 9.13 Å². The smallest absolute Gasteiger partial charge is 0.462 e. The van der Waals surface area contributed by atoms with Crippen molar-refractivity contribution in [3.8, 4) is 0 Å². The molecule has 0 bridgehead atoms. The summed E-state index contributed by atoms with van der Waals surface area (Å²) in [7, 11) is -9.97. The maximum atomic E-state index is 13.1. The molecule has 0 amide bonds. The normalized spacial score (nSPS) is 14.3. The van der Waals surface area contributed by atoms with Crippen LogP contribution in [-0.2, 0) is 65.4 Å². The zero-order valence-electron chi connectivity index (χ0n) is 65.9. The molecule has 0 radical (unpaired) electrons. The van der Waals surface area contributed by atoms with E-state index >= 15 is 0 Å². The van der Waals surface area contributed by atoms with E-state index in [1.807, 2.05) is 0 Å². The average molecular weight is 1510 g/mol. The number of carbonyl (C=O) groups is 4. The molecule has 0 aliphatic heterocycles. The van der Waals surface area contributed by atoms with E-state index in [-0.39, 0.29) is 25.7 Å². The fraction of sp³-hybridized carbons (Fsp3) is 0.765. The Morgan fingerprint density at radius 1 is 0.279 bits per heavy atom. The van der Waals surface area contributed by atoms with Gasteiger partial charge in [0.25, 0.3) is 0 Å². The van der Waals surface area contributed by atoms with Gasteiger partial charge < -0.3 is 33.8 Å². The highest BCUT2D eigenvalue weighted by Gasteiger charge is 2.30. The molecule has 0 aromatic heterocycles. The van der Waals surface area contributed by atoms with Crippen LogP contribution < -0.4 is 0 Å². The van der Waals surface area contributed by atoms with Crippen LogP contribution in [0.1, 0.15) is 362 Å². The summed E-state index contributed by atoms with van der Waals surface area (Å²) in [6.07, 6.45) is 82.2. The molecule has 5 unspecified atom stereocenters. The maximum absolute atomic E-state index is 13.1. The first-order valence-electron chi connectivity index (χ1n) is 41.5. The highest BCUT2D eigenvalue weighted by molar-refractivity contribution is 7.47. The molecule has 0 aliphatic carbocycles. The minimum atomic E-state index is -4.99. The monoisotopic (exact) mass is 1510 g/mol. The van der Waals surface area contributed by atoms with Gasteiger partial charge in [-0.3, -0.25) is 37.3 Å². The second kappa shape index (κ2) is 77.1. The summed E-state index contributed by atoms with van der Waals surface area (Å²) in [4.78, 5) is 73.1. The molecule has 0 aliphatic rings. The zero-order chi connectivity index (χ0) is 76.0. The van der Waals surface area contributed by atoms with E-state index in [2.05, 4.69) is 125 Å². The van der Waals surface area contributed by atoms with Gasteiger partial charge in [-0.15, -0.1) is 0 Å². The minimum absolute atomic E-state index is 0.0725. The molecular formula is C85H150O17P2. The van der Waals surface area contributed by atoms with Gasteiger partial charge in [0.15, 0.2) is 12.2 Å². The number of ether oxygens (including phenoxy) is 4. The Morgan fingerprint density at radius 3 is 0.788 bits per heavy atom. The Balaban J connectivity index is 5.37. The lowest BCUT2D eigenvalue weighted by Gasteiger charge is -2.21. The molecule has 5 atom stereocenters. The molecule has 0 aromatic rings. The number of aliphatic hydroxyl groups excluding tert-OH is 1. The number of hydrogen-bond acceptors (Lipinski definition) is 15. The van der Waals surface area contributed by atoms with Crippen molar-refractivity contribution in [2.45, 2.75) is 380 Å². The van der Waals surface area contributed by atoms with E-state index in [9.17, 15) is 43.2 Å². The van der Waals surface area contributed by atoms with Gasteiger partial charge in [0.05, 0.1) is 26.4 Å². The number of aliphatic hydroxyl groups is 1. The number of allylic oxidation sites excluding steroid dienone is 16. The van der Waals surface area contributed by atoms with E-state index in [0.717, 1.165) is 180 Å². The van der Waals surface area contributed by atoms with Crippen molar-refractivity contribution in [2.24, 2.45) is 0 Å². The summed E-state index contributed by atoms with van der Waals surface area (Å²) >= 11 is 0. The molecular weight excluding hydrogens is 1350 g/mol. The third kappa shape index (κ3) is 76.2. The quantitative estimate of drug-likeness (QED) is 0.0169. The second-order valence-electron chi connectivity index (χ2n) is 27.7. The van der Waals surface area contributed by atoms with Crippen molar-refractivity contribution in [3.63, 3.8) is 0 Å². The van der Waals surface area contributed by atoms with Gasteiger partial charge in [-0.2, -0.15) is 0 Å². The molecule has 0 heterocycles. The van der Waals surface area contributed by atoms with Crippen molar-refractivity contribution >= 4 is 39.5 Å². The van der Waals surface area contributed by atoms with Gasteiger partial charge in [0.2, 0.25) is 0 Å². The molecule has 19 heteroatoms. The van der Waals surface area contributed by atoms with Crippen LogP contribution >= 0.6 is 15.6 Å². The topological polar surface area (TPSA) is 237 Å². The van der Waals surface area contributed by atoms with E-state index in [1.165, 1.54) is 103 Å². The molecule has 3 N–H and O–H groups in total. The molecule has 0 spiro atoms. The second-order valence-corrected chi connectivity index (χ2v) is 30.6. The van der Waals surface area contributed by atoms with E-state index in [1.54, 1.807) is 0 Å². The number of esters is 4. The van der Waals surface area contributed by atoms with Crippen LogP contribution in [0.5, 0.6) is 0 Å². The van der Waals surface area contributed by atoms with Gasteiger partial charge in [-0.1, -0.05) is 305 Å². The minimum Gasteiger partial charge on any atom is -0.462 e. The van der Waals surface area contributed by atoms with Crippen LogP contribution in [0.4, 0.5) is 0 Å². The third-order valence-corrected chi connectivity index (χ3v) is 19.4. The van der Waals surface area contributed by atoms with Crippen LogP contribution in [0.15, 0.2) is 97.2 Å². The predicted molar refractivity (Wildman–Crippen MR) is 427 cm³/mol. The number of phosphoric ester groups is 2. The summed E-state index contributed by atoms with van der Waals surface area (Å²) in [5.74, 6) is -2.20. The lowest BCUT2D eigenvalue weighted by molar-refractivity contribution is -0.161. The van der Waals surface area contributed by atoms with Crippen molar-refractivity contribution in [3.05, 3.63) is 97.2 Å². The van der Waals surface area contributed by atoms with Crippen molar-refractivity contribution in [1.29, 1.82) is 0 Å². The Kier molecular flexibility index (Phi) is 74.2. The summed E-state index contributed by atoms with van der Waals surface area (Å²) in [5, 5.41) is 10.7. The first-order chi connectivity index (χ1) is 50.7. The molecule has 0 saturated carbocycles. The van der Waals surface area contributed by atoms with Crippen LogP contribution in [0.25, 0.3) is 0 Å². The molecule has 602 valence electrons. The molecule has 0 aromatic carbocycles. The number of phosphoric acid groups is 2. The van der Waals surface area contributed by atoms with E-state index in [0.29, 0.717) is 25.7 Å². The molecule has 17 nitrogen and oxygen atoms in total. The SMILES string of the molecule is CC/C=C\C/C=C\C/C=C\CCCCCCCC(=O)OC(COC(=O)CCCCCCCC/C=C\C/C=C\C/C=C\CCCCC)COP(=O)(O)OCC(O)COP(=O)(O)OCC(COC(=O)CCCCCCC/C=C\C/C=C\CCCCC)OC(=O)CCCCCCCCCCCCCCCCC. The predicted octanol–water partition coefficient (Wildman–Crippen LogP) is 24.3. The van der Waals surface area contributed by atoms with Gasteiger partial charge in [0, 0.05) is 25.7 Å².